The van der Waals surface area contributed by atoms with Gasteiger partial charge in [0.25, 0.3) is 5.91 Å². The average molecular weight is 367 g/mol. The monoisotopic (exact) mass is 367 g/mol. The molecule has 0 atom stereocenters. The number of halogens is 3. The van der Waals surface area contributed by atoms with Crippen LogP contribution in [0.1, 0.15) is 35.6 Å². The molecule has 0 bridgehead atoms. The van der Waals surface area contributed by atoms with Crippen molar-refractivity contribution >= 4 is 5.91 Å². The van der Waals surface area contributed by atoms with Gasteiger partial charge in [0.05, 0.1) is 11.3 Å². The van der Waals surface area contributed by atoms with E-state index in [1.807, 2.05) is 13.8 Å². The zero-order valence-electron chi connectivity index (χ0n) is 15.0. The Bertz CT molecular complexity index is 873. The van der Waals surface area contributed by atoms with E-state index in [9.17, 15) is 22.8 Å². The summed E-state index contributed by atoms with van der Waals surface area (Å²) in [5.41, 5.74) is -1.96. The molecule has 1 amide bonds. The molecular formula is C18H20F3N3O2. The van der Waals surface area contributed by atoms with E-state index in [2.05, 4.69) is 5.10 Å². The maximum Gasteiger partial charge on any atom is 0.418 e. The van der Waals surface area contributed by atoms with Crippen LogP contribution in [0.5, 0.6) is 0 Å². The molecule has 1 heterocycles. The third-order valence-corrected chi connectivity index (χ3v) is 3.73. The number of alkyl halides is 3. The van der Waals surface area contributed by atoms with Crippen LogP contribution in [-0.4, -0.2) is 34.2 Å². The highest BCUT2D eigenvalue weighted by molar-refractivity contribution is 5.91. The molecule has 2 rings (SSSR count). The van der Waals surface area contributed by atoms with Gasteiger partial charge in [-0.25, -0.2) is 4.68 Å². The predicted octanol–water partition coefficient (Wildman–Crippen LogP) is 3.29. The smallest absolute Gasteiger partial charge is 0.340 e. The van der Waals surface area contributed by atoms with Crippen LogP contribution in [0.15, 0.2) is 35.1 Å². The summed E-state index contributed by atoms with van der Waals surface area (Å²) in [6.07, 6.45) is -4.59. The minimum atomic E-state index is -4.59. The fraction of sp³-hybridized carbons (Fsp3) is 0.389. The second-order valence-corrected chi connectivity index (χ2v) is 6.50. The first-order valence-electron chi connectivity index (χ1n) is 8.05. The Kier molecular flexibility index (Phi) is 5.53. The zero-order chi connectivity index (χ0) is 19.6. The molecule has 0 fully saturated rings. The van der Waals surface area contributed by atoms with Crippen molar-refractivity contribution in [2.24, 2.45) is 5.92 Å². The lowest BCUT2D eigenvalue weighted by molar-refractivity contribution is -0.137. The fourth-order valence-electron chi connectivity index (χ4n) is 2.65. The fourth-order valence-corrected chi connectivity index (χ4v) is 2.65. The van der Waals surface area contributed by atoms with Crippen molar-refractivity contribution in [2.45, 2.75) is 26.9 Å². The van der Waals surface area contributed by atoms with E-state index in [0.717, 1.165) is 16.8 Å². The van der Waals surface area contributed by atoms with Gasteiger partial charge in [-0.2, -0.15) is 18.3 Å². The van der Waals surface area contributed by atoms with Crippen molar-refractivity contribution in [3.63, 3.8) is 0 Å². The van der Waals surface area contributed by atoms with Crippen LogP contribution in [0.25, 0.3) is 5.69 Å². The molecule has 26 heavy (non-hydrogen) atoms. The SMILES string of the molecule is Cc1cc(=O)c(C(=O)N(C)CC(C)C)nn1-c1ccccc1C(F)(F)F. The molecule has 1 aromatic carbocycles. The molecule has 140 valence electrons. The minimum Gasteiger partial charge on any atom is -0.340 e. The predicted molar refractivity (Wildman–Crippen MR) is 91.4 cm³/mol. The second-order valence-electron chi connectivity index (χ2n) is 6.50. The Balaban J connectivity index is 2.61. The summed E-state index contributed by atoms with van der Waals surface area (Å²) in [5, 5.41) is 3.96. The van der Waals surface area contributed by atoms with E-state index in [4.69, 9.17) is 0 Å². The number of aromatic nitrogens is 2. The first kappa shape index (κ1) is 19.7. The number of nitrogens with zero attached hydrogens (tertiary/aromatic N) is 3. The molecule has 0 aliphatic rings. The molecule has 0 saturated heterocycles. The topological polar surface area (TPSA) is 55.2 Å². The van der Waals surface area contributed by atoms with Gasteiger partial charge >= 0.3 is 6.18 Å². The molecule has 0 saturated carbocycles. The van der Waals surface area contributed by atoms with E-state index in [0.29, 0.717) is 6.54 Å². The molecule has 0 aliphatic heterocycles. The van der Waals surface area contributed by atoms with E-state index >= 15 is 0 Å². The minimum absolute atomic E-state index is 0.169. The van der Waals surface area contributed by atoms with Crippen LogP contribution in [0.2, 0.25) is 0 Å². The third-order valence-electron chi connectivity index (χ3n) is 3.73. The van der Waals surface area contributed by atoms with Gasteiger partial charge < -0.3 is 4.90 Å². The molecule has 0 spiro atoms. The number of para-hydroxylation sites is 1. The number of amides is 1. The first-order valence-corrected chi connectivity index (χ1v) is 8.05. The van der Waals surface area contributed by atoms with E-state index < -0.39 is 28.8 Å². The lowest BCUT2D eigenvalue weighted by Gasteiger charge is -2.20. The van der Waals surface area contributed by atoms with Crippen molar-refractivity contribution in [1.29, 1.82) is 0 Å². The molecule has 5 nitrogen and oxygen atoms in total. The van der Waals surface area contributed by atoms with Crippen LogP contribution in [0, 0.1) is 12.8 Å². The summed E-state index contributed by atoms with van der Waals surface area (Å²) in [6.45, 7) is 5.68. The molecule has 1 aromatic heterocycles. The quantitative estimate of drug-likeness (QED) is 0.833. The lowest BCUT2D eigenvalue weighted by atomic mass is 10.1. The maximum atomic E-state index is 13.3. The molecule has 0 aliphatic carbocycles. The van der Waals surface area contributed by atoms with E-state index in [1.165, 1.54) is 37.1 Å². The number of hydrogen-bond donors (Lipinski definition) is 0. The van der Waals surface area contributed by atoms with Gasteiger partial charge in [0.1, 0.15) is 0 Å². The molecule has 0 radical (unpaired) electrons. The Labute approximate surface area is 149 Å². The normalized spacial score (nSPS) is 11.7. The summed E-state index contributed by atoms with van der Waals surface area (Å²) in [4.78, 5) is 26.0. The Morgan fingerprint density at radius 3 is 2.46 bits per heavy atom. The van der Waals surface area contributed by atoms with Gasteiger partial charge in [-0.15, -0.1) is 0 Å². The first-order chi connectivity index (χ1) is 12.0. The number of aryl methyl sites for hydroxylation is 1. The number of carbonyl (C=O) groups is 1. The number of rotatable bonds is 4. The molecule has 0 unspecified atom stereocenters. The van der Waals surface area contributed by atoms with Crippen molar-refractivity contribution in [1.82, 2.24) is 14.7 Å². The Morgan fingerprint density at radius 1 is 1.27 bits per heavy atom. The second kappa shape index (κ2) is 7.31. The summed E-state index contributed by atoms with van der Waals surface area (Å²) in [7, 11) is 1.53. The van der Waals surface area contributed by atoms with Crippen LogP contribution >= 0.6 is 0 Å². The Hall–Kier alpha value is -2.64. The maximum absolute atomic E-state index is 13.3. The lowest BCUT2D eigenvalue weighted by Crippen LogP contribution is -2.35. The van der Waals surface area contributed by atoms with Crippen molar-refractivity contribution in [3.8, 4) is 5.69 Å². The summed E-state index contributed by atoms with van der Waals surface area (Å²) in [5.74, 6) is -0.454. The molecule has 0 N–H and O–H groups in total. The highest BCUT2D eigenvalue weighted by Crippen LogP contribution is 2.33. The van der Waals surface area contributed by atoms with E-state index in [-0.39, 0.29) is 17.3 Å². The molecule has 2 aromatic rings. The van der Waals surface area contributed by atoms with Crippen LogP contribution in [0.4, 0.5) is 13.2 Å². The third kappa shape index (κ3) is 4.12. The standard InChI is InChI=1S/C18H20F3N3O2/c1-11(2)10-23(4)17(26)16-15(25)9-12(3)24(22-16)14-8-6-5-7-13(14)18(19,20)21/h5-9,11H,10H2,1-4H3. The van der Waals surface area contributed by atoms with Gasteiger partial charge in [-0.3, -0.25) is 9.59 Å². The van der Waals surface area contributed by atoms with Gasteiger partial charge in [0, 0.05) is 25.4 Å². The van der Waals surface area contributed by atoms with E-state index in [1.54, 1.807) is 0 Å². The highest BCUT2D eigenvalue weighted by Gasteiger charge is 2.34. The summed E-state index contributed by atoms with van der Waals surface area (Å²) in [6, 6.07) is 6.01. The Morgan fingerprint density at radius 2 is 1.88 bits per heavy atom. The number of hydrogen-bond acceptors (Lipinski definition) is 3. The zero-order valence-corrected chi connectivity index (χ0v) is 15.0. The largest absolute Gasteiger partial charge is 0.418 e. The van der Waals surface area contributed by atoms with Gasteiger partial charge in [0.2, 0.25) is 5.43 Å². The summed E-state index contributed by atoms with van der Waals surface area (Å²) < 4.78 is 40.9. The van der Waals surface area contributed by atoms with Crippen molar-refractivity contribution < 1.29 is 18.0 Å². The number of benzene rings is 1. The molecular weight excluding hydrogens is 347 g/mol. The van der Waals surface area contributed by atoms with Crippen molar-refractivity contribution in [2.75, 3.05) is 13.6 Å². The highest BCUT2D eigenvalue weighted by atomic mass is 19.4. The average Bonchev–Trinajstić information content (AvgIpc) is 2.53. The van der Waals surface area contributed by atoms with Crippen LogP contribution in [0.3, 0.4) is 0 Å². The van der Waals surface area contributed by atoms with Crippen LogP contribution < -0.4 is 5.43 Å². The number of carbonyl (C=O) groups excluding carboxylic acids is 1. The van der Waals surface area contributed by atoms with Gasteiger partial charge in [0.15, 0.2) is 5.69 Å². The molecule has 8 heteroatoms. The van der Waals surface area contributed by atoms with Crippen molar-refractivity contribution in [3.05, 3.63) is 57.5 Å². The van der Waals surface area contributed by atoms with Gasteiger partial charge in [-0.1, -0.05) is 26.0 Å². The van der Waals surface area contributed by atoms with Gasteiger partial charge in [-0.05, 0) is 25.0 Å². The summed E-state index contributed by atoms with van der Waals surface area (Å²) >= 11 is 0. The van der Waals surface area contributed by atoms with Crippen LogP contribution in [-0.2, 0) is 6.18 Å².